The maximum Gasteiger partial charge on any atom is 0.108 e. The summed E-state index contributed by atoms with van der Waals surface area (Å²) in [4.78, 5) is 7.40. The predicted molar refractivity (Wildman–Crippen MR) is 86.2 cm³/mol. The lowest BCUT2D eigenvalue weighted by Gasteiger charge is -2.39. The highest BCUT2D eigenvalue weighted by Crippen LogP contribution is 2.24. The van der Waals surface area contributed by atoms with Gasteiger partial charge in [-0.05, 0) is 25.0 Å². The van der Waals surface area contributed by atoms with Gasteiger partial charge < -0.3 is 5.32 Å². The molecule has 0 spiro atoms. The van der Waals surface area contributed by atoms with Crippen molar-refractivity contribution < 1.29 is 0 Å². The van der Waals surface area contributed by atoms with E-state index < -0.39 is 0 Å². The minimum absolute atomic E-state index is 0.632. The smallest absolute Gasteiger partial charge is 0.108 e. The molecule has 1 aromatic carbocycles. The molecule has 0 amide bonds. The van der Waals surface area contributed by atoms with Crippen LogP contribution >= 0.6 is 11.3 Å². The van der Waals surface area contributed by atoms with Crippen LogP contribution in [-0.4, -0.2) is 35.1 Å². The number of piperazine rings is 1. The molecule has 0 aliphatic carbocycles. The van der Waals surface area contributed by atoms with Gasteiger partial charge in [-0.1, -0.05) is 26.0 Å². The van der Waals surface area contributed by atoms with Gasteiger partial charge in [0.05, 0.1) is 16.8 Å². The predicted octanol–water partition coefficient (Wildman–Crippen LogP) is 3.26. The van der Waals surface area contributed by atoms with Gasteiger partial charge in [0.15, 0.2) is 0 Å². The second-order valence-electron chi connectivity index (χ2n) is 5.58. The fourth-order valence-electron chi connectivity index (χ4n) is 2.96. The van der Waals surface area contributed by atoms with E-state index in [9.17, 15) is 0 Å². The summed E-state index contributed by atoms with van der Waals surface area (Å²) in [5.41, 5.74) is 1.14. The van der Waals surface area contributed by atoms with Crippen molar-refractivity contribution in [2.45, 2.75) is 45.3 Å². The highest BCUT2D eigenvalue weighted by Gasteiger charge is 2.26. The van der Waals surface area contributed by atoms with Crippen LogP contribution in [-0.2, 0) is 6.54 Å². The zero-order valence-corrected chi connectivity index (χ0v) is 13.1. The Kier molecular flexibility index (Phi) is 4.34. The van der Waals surface area contributed by atoms with Crippen LogP contribution in [0, 0.1) is 0 Å². The SMILES string of the molecule is CCC1CN(Cc2nc3ccccc3s2)C(CC)CN1. The van der Waals surface area contributed by atoms with Gasteiger partial charge in [0.2, 0.25) is 0 Å². The second-order valence-corrected chi connectivity index (χ2v) is 6.70. The maximum absolute atomic E-state index is 4.78. The standard InChI is InChI=1S/C16H23N3S/c1-3-12-10-19(13(4-2)9-17-12)11-16-18-14-7-5-6-8-15(14)20-16/h5-8,12-13,17H,3-4,9-11H2,1-2H3. The molecule has 1 aromatic heterocycles. The van der Waals surface area contributed by atoms with Gasteiger partial charge >= 0.3 is 0 Å². The lowest BCUT2D eigenvalue weighted by atomic mass is 10.1. The Morgan fingerprint density at radius 2 is 2.15 bits per heavy atom. The molecule has 2 heterocycles. The lowest BCUT2D eigenvalue weighted by molar-refractivity contribution is 0.117. The van der Waals surface area contributed by atoms with Crippen LogP contribution in [0.4, 0.5) is 0 Å². The van der Waals surface area contributed by atoms with Gasteiger partial charge in [0.1, 0.15) is 5.01 Å². The summed E-state index contributed by atoms with van der Waals surface area (Å²) in [5, 5.41) is 4.90. The molecule has 1 fully saturated rings. The Bertz CT molecular complexity index is 533. The van der Waals surface area contributed by atoms with Gasteiger partial charge in [-0.2, -0.15) is 0 Å². The van der Waals surface area contributed by atoms with E-state index in [1.165, 1.54) is 22.5 Å². The van der Waals surface area contributed by atoms with Gasteiger partial charge in [-0.15, -0.1) is 11.3 Å². The van der Waals surface area contributed by atoms with Crippen molar-refractivity contribution in [2.75, 3.05) is 13.1 Å². The first-order valence-corrected chi connectivity index (χ1v) is 8.43. The molecule has 1 N–H and O–H groups in total. The molecule has 20 heavy (non-hydrogen) atoms. The minimum Gasteiger partial charge on any atom is -0.311 e. The summed E-state index contributed by atoms with van der Waals surface area (Å²) in [6, 6.07) is 9.71. The fraction of sp³-hybridized carbons (Fsp3) is 0.562. The van der Waals surface area contributed by atoms with Crippen molar-refractivity contribution in [2.24, 2.45) is 0 Å². The third-order valence-electron chi connectivity index (χ3n) is 4.25. The second kappa shape index (κ2) is 6.20. The maximum atomic E-state index is 4.78. The molecule has 3 nitrogen and oxygen atoms in total. The van der Waals surface area contributed by atoms with E-state index in [4.69, 9.17) is 4.98 Å². The first kappa shape index (κ1) is 14.0. The third-order valence-corrected chi connectivity index (χ3v) is 5.28. The van der Waals surface area contributed by atoms with E-state index in [0.29, 0.717) is 12.1 Å². The molecular weight excluding hydrogens is 266 g/mol. The molecule has 1 saturated heterocycles. The number of para-hydroxylation sites is 1. The summed E-state index contributed by atoms with van der Waals surface area (Å²) in [6.45, 7) is 7.80. The monoisotopic (exact) mass is 289 g/mol. The first-order chi connectivity index (χ1) is 9.80. The first-order valence-electron chi connectivity index (χ1n) is 7.62. The molecular formula is C16H23N3S. The van der Waals surface area contributed by atoms with E-state index >= 15 is 0 Å². The average molecular weight is 289 g/mol. The molecule has 2 unspecified atom stereocenters. The van der Waals surface area contributed by atoms with Crippen molar-refractivity contribution in [1.82, 2.24) is 15.2 Å². The molecule has 0 saturated carbocycles. The number of fused-ring (bicyclic) bond motifs is 1. The van der Waals surface area contributed by atoms with E-state index in [0.717, 1.165) is 25.2 Å². The Morgan fingerprint density at radius 1 is 1.30 bits per heavy atom. The third kappa shape index (κ3) is 2.87. The summed E-state index contributed by atoms with van der Waals surface area (Å²) >= 11 is 1.84. The Hall–Kier alpha value is -0.970. The zero-order valence-electron chi connectivity index (χ0n) is 12.3. The largest absolute Gasteiger partial charge is 0.311 e. The number of thiazole rings is 1. The topological polar surface area (TPSA) is 28.2 Å². The number of nitrogens with zero attached hydrogens (tertiary/aromatic N) is 2. The average Bonchev–Trinajstić information content (AvgIpc) is 2.89. The molecule has 3 rings (SSSR count). The molecule has 0 radical (unpaired) electrons. The highest BCUT2D eigenvalue weighted by atomic mass is 32.1. The van der Waals surface area contributed by atoms with E-state index in [1.807, 2.05) is 11.3 Å². The molecule has 4 heteroatoms. The minimum atomic E-state index is 0.632. The fourth-order valence-corrected chi connectivity index (χ4v) is 3.95. The van der Waals surface area contributed by atoms with Crippen LogP contribution in [0.5, 0.6) is 0 Å². The van der Waals surface area contributed by atoms with Gasteiger partial charge in [-0.25, -0.2) is 4.98 Å². The molecule has 108 valence electrons. The molecule has 2 atom stereocenters. The van der Waals surface area contributed by atoms with Crippen LogP contribution in [0.2, 0.25) is 0 Å². The summed E-state index contributed by atoms with van der Waals surface area (Å²) in [6.07, 6.45) is 2.40. The summed E-state index contributed by atoms with van der Waals surface area (Å²) < 4.78 is 1.30. The lowest BCUT2D eigenvalue weighted by Crippen LogP contribution is -2.55. The van der Waals surface area contributed by atoms with E-state index in [-0.39, 0.29) is 0 Å². The normalized spacial score (nSPS) is 24.3. The van der Waals surface area contributed by atoms with Crippen molar-refractivity contribution in [1.29, 1.82) is 0 Å². The number of hydrogen-bond donors (Lipinski definition) is 1. The number of benzene rings is 1. The van der Waals surface area contributed by atoms with Crippen molar-refractivity contribution >= 4 is 21.6 Å². The van der Waals surface area contributed by atoms with Crippen LogP contribution < -0.4 is 5.32 Å². The summed E-state index contributed by atoms with van der Waals surface area (Å²) in [7, 11) is 0. The Balaban J connectivity index is 1.76. The van der Waals surface area contributed by atoms with Gasteiger partial charge in [-0.3, -0.25) is 4.90 Å². The molecule has 1 aliphatic heterocycles. The van der Waals surface area contributed by atoms with Crippen molar-refractivity contribution in [3.8, 4) is 0 Å². The van der Waals surface area contributed by atoms with E-state index in [2.05, 4.69) is 48.3 Å². The quantitative estimate of drug-likeness (QED) is 0.936. The van der Waals surface area contributed by atoms with Crippen molar-refractivity contribution in [3.63, 3.8) is 0 Å². The van der Waals surface area contributed by atoms with Crippen LogP contribution in [0.3, 0.4) is 0 Å². The number of rotatable bonds is 4. The highest BCUT2D eigenvalue weighted by molar-refractivity contribution is 7.18. The number of aromatic nitrogens is 1. The summed E-state index contributed by atoms with van der Waals surface area (Å²) in [5.74, 6) is 0. The zero-order chi connectivity index (χ0) is 13.9. The van der Waals surface area contributed by atoms with Crippen LogP contribution in [0.25, 0.3) is 10.2 Å². The number of nitrogens with one attached hydrogen (secondary N) is 1. The van der Waals surface area contributed by atoms with E-state index in [1.54, 1.807) is 0 Å². The molecule has 1 aliphatic rings. The molecule has 2 aromatic rings. The molecule has 0 bridgehead atoms. The van der Waals surface area contributed by atoms with Gasteiger partial charge in [0.25, 0.3) is 0 Å². The van der Waals surface area contributed by atoms with Crippen molar-refractivity contribution in [3.05, 3.63) is 29.3 Å². The van der Waals surface area contributed by atoms with Crippen LogP contribution in [0.1, 0.15) is 31.7 Å². The Morgan fingerprint density at radius 3 is 2.90 bits per heavy atom. The van der Waals surface area contributed by atoms with Crippen LogP contribution in [0.15, 0.2) is 24.3 Å². The Labute approximate surface area is 125 Å². The van der Waals surface area contributed by atoms with Gasteiger partial charge in [0, 0.05) is 25.2 Å². The number of hydrogen-bond acceptors (Lipinski definition) is 4.